The van der Waals surface area contributed by atoms with E-state index in [1.165, 1.54) is 11.8 Å². The summed E-state index contributed by atoms with van der Waals surface area (Å²) in [5.74, 6) is 1.92. The summed E-state index contributed by atoms with van der Waals surface area (Å²) in [6.45, 7) is 0. The summed E-state index contributed by atoms with van der Waals surface area (Å²) in [7, 11) is 6.21. The van der Waals surface area contributed by atoms with Gasteiger partial charge in [-0.05, 0) is 47.7 Å². The molecule has 0 unspecified atom stereocenters. The normalized spacial score (nSPS) is 16.2. The Morgan fingerprint density at radius 3 is 2.18 bits per heavy atom. The van der Waals surface area contributed by atoms with Crippen molar-refractivity contribution in [1.29, 1.82) is 0 Å². The number of thioether (sulfide) groups is 1. The lowest BCUT2D eigenvalue weighted by Gasteiger charge is -2.12. The van der Waals surface area contributed by atoms with Gasteiger partial charge in [-0.15, -0.1) is 0 Å². The number of nitrogens with one attached hydrogen (secondary N) is 1. The van der Waals surface area contributed by atoms with Crippen molar-refractivity contribution in [2.45, 2.75) is 0 Å². The molecule has 0 saturated carbocycles. The highest BCUT2D eigenvalue weighted by atomic mass is 32.2. The van der Waals surface area contributed by atoms with Gasteiger partial charge in [0.2, 0.25) is 5.75 Å². The number of para-hydroxylation sites is 2. The van der Waals surface area contributed by atoms with Crippen molar-refractivity contribution in [2.75, 3.05) is 28.4 Å². The van der Waals surface area contributed by atoms with Gasteiger partial charge in [0.1, 0.15) is 11.4 Å². The Labute approximate surface area is 167 Å². The molecular weight excluding hydrogens is 380 g/mol. The molecule has 0 aliphatic carbocycles. The van der Waals surface area contributed by atoms with Crippen LogP contribution in [0.4, 0.5) is 5.69 Å². The van der Waals surface area contributed by atoms with Crippen LogP contribution in [0.5, 0.6) is 23.0 Å². The van der Waals surface area contributed by atoms with Crippen molar-refractivity contribution in [3.05, 3.63) is 46.9 Å². The van der Waals surface area contributed by atoms with E-state index in [-0.39, 0.29) is 5.91 Å². The standard InChI is InChI=1S/C20H20N2O5S/c1-24-14-8-6-5-7-13(14)21-20-22-19(23)17(28-20)11-12-9-15(25-2)18(27-4)16(10-12)26-3/h5-11H,1-4H3,(H,21,22,23). The molecule has 28 heavy (non-hydrogen) atoms. The molecule has 1 aliphatic heterocycles. The van der Waals surface area contributed by atoms with Crippen molar-refractivity contribution >= 4 is 34.6 Å². The van der Waals surface area contributed by atoms with Crippen LogP contribution in [-0.2, 0) is 4.79 Å². The number of benzene rings is 2. The van der Waals surface area contributed by atoms with Crippen molar-refractivity contribution < 1.29 is 23.7 Å². The highest BCUT2D eigenvalue weighted by Gasteiger charge is 2.24. The third-order valence-corrected chi connectivity index (χ3v) is 4.85. The fourth-order valence-corrected chi connectivity index (χ4v) is 3.48. The van der Waals surface area contributed by atoms with Crippen molar-refractivity contribution in [3.8, 4) is 23.0 Å². The SMILES string of the molecule is COc1ccccc1N=C1NC(=O)C(=Cc2cc(OC)c(OC)c(OC)c2)S1. The van der Waals surface area contributed by atoms with Gasteiger partial charge in [0.25, 0.3) is 5.91 Å². The number of rotatable bonds is 6. The number of amidine groups is 1. The summed E-state index contributed by atoms with van der Waals surface area (Å²) in [6, 6.07) is 10.9. The van der Waals surface area contributed by atoms with Gasteiger partial charge >= 0.3 is 0 Å². The van der Waals surface area contributed by atoms with Gasteiger partial charge in [-0.3, -0.25) is 4.79 Å². The lowest BCUT2D eigenvalue weighted by atomic mass is 10.1. The maximum atomic E-state index is 12.4. The fraction of sp³-hybridized carbons (Fsp3) is 0.200. The highest BCUT2D eigenvalue weighted by molar-refractivity contribution is 8.18. The van der Waals surface area contributed by atoms with Crippen LogP contribution in [0.1, 0.15) is 5.56 Å². The number of carbonyl (C=O) groups excluding carboxylic acids is 1. The first-order chi connectivity index (χ1) is 13.6. The molecule has 3 rings (SSSR count). The number of nitrogens with zero attached hydrogens (tertiary/aromatic N) is 1. The number of aliphatic imine (C=N–C) groups is 1. The van der Waals surface area contributed by atoms with Gasteiger partial charge in [0.15, 0.2) is 16.7 Å². The van der Waals surface area contributed by atoms with Gasteiger partial charge in [0.05, 0.1) is 33.3 Å². The topological polar surface area (TPSA) is 78.4 Å². The zero-order valence-corrected chi connectivity index (χ0v) is 16.8. The third kappa shape index (κ3) is 4.07. The zero-order valence-electron chi connectivity index (χ0n) is 15.9. The molecule has 7 nitrogen and oxygen atoms in total. The fourth-order valence-electron chi connectivity index (χ4n) is 2.65. The van der Waals surface area contributed by atoms with Crippen LogP contribution < -0.4 is 24.3 Å². The number of amides is 1. The molecule has 146 valence electrons. The predicted molar refractivity (Wildman–Crippen MR) is 110 cm³/mol. The minimum absolute atomic E-state index is 0.229. The molecule has 1 fully saturated rings. The lowest BCUT2D eigenvalue weighted by molar-refractivity contribution is -0.115. The average Bonchev–Trinajstić information content (AvgIpc) is 3.06. The average molecular weight is 400 g/mol. The van der Waals surface area contributed by atoms with E-state index in [1.54, 1.807) is 46.6 Å². The van der Waals surface area contributed by atoms with Gasteiger partial charge < -0.3 is 24.3 Å². The minimum Gasteiger partial charge on any atom is -0.494 e. The zero-order chi connectivity index (χ0) is 20.1. The van der Waals surface area contributed by atoms with Crippen LogP contribution in [0.25, 0.3) is 6.08 Å². The summed E-state index contributed by atoms with van der Waals surface area (Å²) in [5, 5.41) is 3.25. The van der Waals surface area contributed by atoms with Crippen LogP contribution in [-0.4, -0.2) is 39.5 Å². The van der Waals surface area contributed by atoms with E-state index in [9.17, 15) is 4.79 Å². The van der Waals surface area contributed by atoms with Crippen LogP contribution in [0.3, 0.4) is 0 Å². The summed E-state index contributed by atoms with van der Waals surface area (Å²) < 4.78 is 21.3. The van der Waals surface area contributed by atoms with Crippen LogP contribution in [0.2, 0.25) is 0 Å². The smallest absolute Gasteiger partial charge is 0.264 e. The van der Waals surface area contributed by atoms with Gasteiger partial charge in [-0.1, -0.05) is 12.1 Å². The maximum absolute atomic E-state index is 12.4. The number of ether oxygens (including phenoxy) is 4. The van der Waals surface area contributed by atoms with E-state index in [0.717, 1.165) is 5.56 Å². The Kier molecular flexibility index (Phi) is 6.10. The largest absolute Gasteiger partial charge is 0.494 e. The quantitative estimate of drug-likeness (QED) is 0.747. The number of hydrogen-bond donors (Lipinski definition) is 1. The maximum Gasteiger partial charge on any atom is 0.264 e. The molecule has 0 bridgehead atoms. The number of methoxy groups -OCH3 is 4. The number of hydrogen-bond acceptors (Lipinski definition) is 7. The second kappa shape index (κ2) is 8.71. The van der Waals surface area contributed by atoms with Gasteiger partial charge in [-0.2, -0.15) is 0 Å². The second-order valence-electron chi connectivity index (χ2n) is 5.61. The number of carbonyl (C=O) groups is 1. The Morgan fingerprint density at radius 2 is 1.57 bits per heavy atom. The van der Waals surface area contributed by atoms with Crippen LogP contribution in [0.15, 0.2) is 46.3 Å². The van der Waals surface area contributed by atoms with Crippen molar-refractivity contribution in [3.63, 3.8) is 0 Å². The first kappa shape index (κ1) is 19.6. The molecule has 0 radical (unpaired) electrons. The summed E-state index contributed by atoms with van der Waals surface area (Å²) in [5.41, 5.74) is 1.38. The Morgan fingerprint density at radius 1 is 0.929 bits per heavy atom. The van der Waals surface area contributed by atoms with Gasteiger partial charge in [0, 0.05) is 0 Å². The predicted octanol–water partition coefficient (Wildman–Crippen LogP) is 3.61. The third-order valence-electron chi connectivity index (χ3n) is 3.94. The molecule has 0 aromatic heterocycles. The Bertz CT molecular complexity index is 930. The monoisotopic (exact) mass is 400 g/mol. The molecule has 8 heteroatoms. The van der Waals surface area contributed by atoms with E-state index in [4.69, 9.17) is 18.9 Å². The molecule has 1 saturated heterocycles. The highest BCUT2D eigenvalue weighted by Crippen LogP contribution is 2.39. The molecular formula is C20H20N2O5S. The molecule has 2 aromatic carbocycles. The summed E-state index contributed by atoms with van der Waals surface area (Å²) >= 11 is 1.25. The minimum atomic E-state index is -0.229. The van der Waals surface area contributed by atoms with E-state index in [1.807, 2.05) is 24.3 Å². The molecule has 2 aromatic rings. The van der Waals surface area contributed by atoms with Crippen LogP contribution >= 0.6 is 11.8 Å². The van der Waals surface area contributed by atoms with E-state index < -0.39 is 0 Å². The van der Waals surface area contributed by atoms with Crippen molar-refractivity contribution in [2.24, 2.45) is 4.99 Å². The molecule has 1 N–H and O–H groups in total. The molecule has 0 atom stereocenters. The van der Waals surface area contributed by atoms with E-state index >= 15 is 0 Å². The second-order valence-corrected chi connectivity index (χ2v) is 6.64. The lowest BCUT2D eigenvalue weighted by Crippen LogP contribution is -2.19. The Hall–Kier alpha value is -3.13. The van der Waals surface area contributed by atoms with Crippen molar-refractivity contribution in [1.82, 2.24) is 5.32 Å². The van der Waals surface area contributed by atoms with E-state index in [0.29, 0.717) is 38.8 Å². The molecule has 1 amide bonds. The molecule has 1 aliphatic rings. The summed E-state index contributed by atoms with van der Waals surface area (Å²) in [4.78, 5) is 17.3. The first-order valence-corrected chi connectivity index (χ1v) is 9.13. The summed E-state index contributed by atoms with van der Waals surface area (Å²) in [6.07, 6.45) is 1.75. The van der Waals surface area contributed by atoms with Gasteiger partial charge in [-0.25, -0.2) is 4.99 Å². The molecule has 0 spiro atoms. The molecule has 1 heterocycles. The Balaban J connectivity index is 1.92. The first-order valence-electron chi connectivity index (χ1n) is 8.32. The van der Waals surface area contributed by atoms with E-state index in [2.05, 4.69) is 10.3 Å². The van der Waals surface area contributed by atoms with Crippen LogP contribution in [0, 0.1) is 0 Å².